The Bertz CT molecular complexity index is 1030. The van der Waals surface area contributed by atoms with Crippen molar-refractivity contribution in [2.75, 3.05) is 5.75 Å². The topological polar surface area (TPSA) is 63.3 Å². The standard InChI is InChI=1S/C24H29FN4OS/c1-5-29-23(17(4)19-11-9-18(10-12-19)13-16(2)3)26-27-24(29)31-15-22(28-30)20-7-6-8-21(25)14-20/h6-12,14,16-17,30H,5,13,15H2,1-4H3/b28-22+. The summed E-state index contributed by atoms with van der Waals surface area (Å²) in [6, 6.07) is 14.8. The summed E-state index contributed by atoms with van der Waals surface area (Å²) >= 11 is 1.42. The van der Waals surface area contributed by atoms with Gasteiger partial charge >= 0.3 is 0 Å². The average Bonchev–Trinajstić information content (AvgIpc) is 3.17. The summed E-state index contributed by atoms with van der Waals surface area (Å²) in [5.74, 6) is 1.62. The first-order valence-electron chi connectivity index (χ1n) is 10.5. The molecule has 1 N–H and O–H groups in total. The highest BCUT2D eigenvalue weighted by molar-refractivity contribution is 7.99. The highest BCUT2D eigenvalue weighted by atomic mass is 32.2. The van der Waals surface area contributed by atoms with Gasteiger partial charge in [0.15, 0.2) is 5.16 Å². The van der Waals surface area contributed by atoms with Crippen LogP contribution in [-0.2, 0) is 13.0 Å². The number of oxime groups is 1. The van der Waals surface area contributed by atoms with Crippen LogP contribution in [0.3, 0.4) is 0 Å². The smallest absolute Gasteiger partial charge is 0.191 e. The van der Waals surface area contributed by atoms with Crippen molar-refractivity contribution in [3.05, 3.63) is 76.9 Å². The van der Waals surface area contributed by atoms with Crippen LogP contribution < -0.4 is 0 Å². The number of thioether (sulfide) groups is 1. The molecule has 1 aromatic heterocycles. The maximum Gasteiger partial charge on any atom is 0.191 e. The fourth-order valence-electron chi connectivity index (χ4n) is 3.56. The van der Waals surface area contributed by atoms with Gasteiger partial charge in [0, 0.05) is 23.8 Å². The van der Waals surface area contributed by atoms with Crippen molar-refractivity contribution in [3.8, 4) is 0 Å². The van der Waals surface area contributed by atoms with E-state index in [1.54, 1.807) is 12.1 Å². The number of aromatic nitrogens is 3. The lowest BCUT2D eigenvalue weighted by atomic mass is 9.96. The van der Waals surface area contributed by atoms with E-state index in [2.05, 4.69) is 71.9 Å². The first kappa shape index (κ1) is 23.0. The molecule has 0 saturated heterocycles. The van der Waals surface area contributed by atoms with Gasteiger partial charge < -0.3 is 9.77 Å². The zero-order valence-electron chi connectivity index (χ0n) is 18.4. The van der Waals surface area contributed by atoms with Crippen molar-refractivity contribution in [1.82, 2.24) is 14.8 Å². The van der Waals surface area contributed by atoms with Gasteiger partial charge in [-0.3, -0.25) is 0 Å². The second kappa shape index (κ2) is 10.6. The molecule has 164 valence electrons. The van der Waals surface area contributed by atoms with Gasteiger partial charge in [-0.1, -0.05) is 74.1 Å². The molecule has 2 aromatic carbocycles. The Morgan fingerprint density at radius 3 is 2.48 bits per heavy atom. The van der Waals surface area contributed by atoms with Crippen molar-refractivity contribution in [3.63, 3.8) is 0 Å². The zero-order valence-corrected chi connectivity index (χ0v) is 19.2. The third-order valence-corrected chi connectivity index (χ3v) is 6.17. The molecule has 1 atom stereocenters. The molecule has 7 heteroatoms. The van der Waals surface area contributed by atoms with E-state index in [0.29, 0.717) is 22.9 Å². The van der Waals surface area contributed by atoms with Gasteiger partial charge in [-0.25, -0.2) is 4.39 Å². The van der Waals surface area contributed by atoms with Crippen LogP contribution in [0.15, 0.2) is 58.8 Å². The fourth-order valence-corrected chi connectivity index (χ4v) is 4.53. The molecule has 0 radical (unpaired) electrons. The average molecular weight is 441 g/mol. The Balaban J connectivity index is 1.75. The van der Waals surface area contributed by atoms with Crippen LogP contribution in [0, 0.1) is 11.7 Å². The summed E-state index contributed by atoms with van der Waals surface area (Å²) in [7, 11) is 0. The number of benzene rings is 2. The number of nitrogens with zero attached hydrogens (tertiary/aromatic N) is 4. The Hall–Kier alpha value is -2.67. The number of hydrogen-bond acceptors (Lipinski definition) is 5. The summed E-state index contributed by atoms with van der Waals surface area (Å²) in [6.07, 6.45) is 1.07. The summed E-state index contributed by atoms with van der Waals surface area (Å²) in [5, 5.41) is 22.3. The molecule has 1 heterocycles. The lowest BCUT2D eigenvalue weighted by molar-refractivity contribution is 0.319. The van der Waals surface area contributed by atoms with Crippen LogP contribution in [0.5, 0.6) is 0 Å². The quantitative estimate of drug-likeness (QED) is 0.199. The lowest BCUT2D eigenvalue weighted by Gasteiger charge is -2.15. The van der Waals surface area contributed by atoms with Crippen molar-refractivity contribution >= 4 is 17.5 Å². The molecule has 1 unspecified atom stereocenters. The van der Waals surface area contributed by atoms with Gasteiger partial charge in [0.1, 0.15) is 11.6 Å². The molecule has 0 spiro atoms. The summed E-state index contributed by atoms with van der Waals surface area (Å²) < 4.78 is 15.6. The minimum atomic E-state index is -0.365. The van der Waals surface area contributed by atoms with E-state index >= 15 is 0 Å². The molecule has 31 heavy (non-hydrogen) atoms. The normalized spacial score (nSPS) is 13.0. The molecule has 0 aliphatic rings. The molecule has 5 nitrogen and oxygen atoms in total. The van der Waals surface area contributed by atoms with Gasteiger partial charge in [0.05, 0.1) is 5.71 Å². The van der Waals surface area contributed by atoms with Crippen LogP contribution in [0.1, 0.15) is 56.1 Å². The number of rotatable bonds is 9. The van der Waals surface area contributed by atoms with Crippen molar-refractivity contribution in [1.29, 1.82) is 0 Å². The highest BCUT2D eigenvalue weighted by Gasteiger charge is 2.19. The number of halogens is 1. The molecule has 0 aliphatic heterocycles. The third-order valence-electron chi connectivity index (χ3n) is 5.19. The van der Waals surface area contributed by atoms with E-state index in [1.165, 1.54) is 35.0 Å². The SMILES string of the molecule is CCn1c(SC/C(=N\O)c2cccc(F)c2)nnc1C(C)c1ccc(CC(C)C)cc1. The zero-order chi connectivity index (χ0) is 22.4. The predicted octanol–water partition coefficient (Wildman–Crippen LogP) is 5.76. The van der Waals surface area contributed by atoms with Crippen LogP contribution in [-0.4, -0.2) is 31.4 Å². The Morgan fingerprint density at radius 1 is 1.13 bits per heavy atom. The first-order valence-corrected chi connectivity index (χ1v) is 11.5. The van der Waals surface area contributed by atoms with Crippen LogP contribution in [0.25, 0.3) is 0 Å². The van der Waals surface area contributed by atoms with Gasteiger partial charge in [-0.15, -0.1) is 10.2 Å². The molecule has 3 rings (SSSR count). The number of hydrogen-bond donors (Lipinski definition) is 1. The van der Waals surface area contributed by atoms with E-state index in [4.69, 9.17) is 0 Å². The minimum absolute atomic E-state index is 0.101. The first-order chi connectivity index (χ1) is 14.9. The van der Waals surface area contributed by atoms with Crippen LogP contribution in [0.2, 0.25) is 0 Å². The van der Waals surface area contributed by atoms with Crippen LogP contribution >= 0.6 is 11.8 Å². The second-order valence-corrected chi connectivity index (χ2v) is 8.93. The monoisotopic (exact) mass is 440 g/mol. The second-order valence-electron chi connectivity index (χ2n) is 7.99. The Kier molecular flexibility index (Phi) is 7.85. The minimum Gasteiger partial charge on any atom is -0.411 e. The summed E-state index contributed by atoms with van der Waals surface area (Å²) in [6.45, 7) is 9.37. The molecule has 0 amide bonds. The van der Waals surface area contributed by atoms with Crippen molar-refractivity contribution in [2.24, 2.45) is 11.1 Å². The summed E-state index contributed by atoms with van der Waals surface area (Å²) in [4.78, 5) is 0. The molecule has 0 fully saturated rings. The van der Waals surface area contributed by atoms with Gasteiger partial charge in [0.2, 0.25) is 0 Å². The van der Waals surface area contributed by atoms with Crippen LogP contribution in [0.4, 0.5) is 4.39 Å². The predicted molar refractivity (Wildman–Crippen MR) is 124 cm³/mol. The van der Waals surface area contributed by atoms with Crippen molar-refractivity contribution < 1.29 is 9.60 Å². The van der Waals surface area contributed by atoms with Gasteiger partial charge in [-0.2, -0.15) is 0 Å². The van der Waals surface area contributed by atoms with E-state index in [1.807, 2.05) is 0 Å². The molecular formula is C24H29FN4OS. The highest BCUT2D eigenvalue weighted by Crippen LogP contribution is 2.27. The molecule has 0 aliphatic carbocycles. The van der Waals surface area contributed by atoms with Gasteiger partial charge in [0.25, 0.3) is 0 Å². The van der Waals surface area contributed by atoms with E-state index in [0.717, 1.165) is 23.9 Å². The maximum absolute atomic E-state index is 13.5. The van der Waals surface area contributed by atoms with Gasteiger partial charge in [-0.05, 0) is 42.5 Å². The van der Waals surface area contributed by atoms with E-state index < -0.39 is 0 Å². The third kappa shape index (κ3) is 5.73. The summed E-state index contributed by atoms with van der Waals surface area (Å²) in [5.41, 5.74) is 3.48. The Morgan fingerprint density at radius 2 is 1.87 bits per heavy atom. The largest absolute Gasteiger partial charge is 0.411 e. The fraction of sp³-hybridized carbons (Fsp3) is 0.375. The van der Waals surface area contributed by atoms with E-state index in [-0.39, 0.29) is 11.7 Å². The molecule has 3 aromatic rings. The Labute approximate surface area is 187 Å². The van der Waals surface area contributed by atoms with E-state index in [9.17, 15) is 9.60 Å². The van der Waals surface area contributed by atoms with Crippen molar-refractivity contribution in [2.45, 2.75) is 51.7 Å². The molecular weight excluding hydrogens is 411 g/mol. The lowest BCUT2D eigenvalue weighted by Crippen LogP contribution is -2.10. The molecule has 0 saturated carbocycles. The molecule has 0 bridgehead atoms. The maximum atomic E-state index is 13.5.